The van der Waals surface area contributed by atoms with E-state index in [1.54, 1.807) is 6.07 Å². The summed E-state index contributed by atoms with van der Waals surface area (Å²) in [6.07, 6.45) is 0. The van der Waals surface area contributed by atoms with Gasteiger partial charge in [-0.05, 0) is 41.8 Å². The lowest BCUT2D eigenvalue weighted by molar-refractivity contribution is 0.0601. The van der Waals surface area contributed by atoms with Crippen molar-refractivity contribution in [2.24, 2.45) is 0 Å². The predicted molar refractivity (Wildman–Crippen MR) is 75.7 cm³/mol. The molecule has 0 saturated heterocycles. The topological polar surface area (TPSA) is 26.3 Å². The summed E-state index contributed by atoms with van der Waals surface area (Å²) in [6, 6.07) is 13.5. The Morgan fingerprint density at radius 1 is 1.17 bits per heavy atom. The average Bonchev–Trinajstić information content (AvgIpc) is 2.41. The molecular formula is C15H13BrO2. The molecule has 0 amide bonds. The number of benzene rings is 2. The summed E-state index contributed by atoms with van der Waals surface area (Å²) in [7, 11) is 1.39. The van der Waals surface area contributed by atoms with Crippen molar-refractivity contribution in [3.05, 3.63) is 58.1 Å². The van der Waals surface area contributed by atoms with Crippen molar-refractivity contribution in [3.8, 4) is 11.1 Å². The van der Waals surface area contributed by atoms with E-state index in [-0.39, 0.29) is 5.97 Å². The van der Waals surface area contributed by atoms with Gasteiger partial charge >= 0.3 is 5.97 Å². The fraction of sp³-hybridized carbons (Fsp3) is 0.133. The second-order valence-electron chi connectivity index (χ2n) is 3.98. The number of halogens is 1. The van der Waals surface area contributed by atoms with E-state index >= 15 is 0 Å². The van der Waals surface area contributed by atoms with Gasteiger partial charge in [0.2, 0.25) is 0 Å². The second kappa shape index (κ2) is 5.36. The van der Waals surface area contributed by atoms with Crippen LogP contribution in [0.5, 0.6) is 0 Å². The van der Waals surface area contributed by atoms with Crippen LogP contribution in [0.2, 0.25) is 0 Å². The number of rotatable bonds is 2. The smallest absolute Gasteiger partial charge is 0.337 e. The Kier molecular flexibility index (Phi) is 3.82. The normalized spacial score (nSPS) is 10.2. The molecule has 0 radical (unpaired) electrons. The second-order valence-corrected chi connectivity index (χ2v) is 4.84. The highest BCUT2D eigenvalue weighted by atomic mass is 79.9. The lowest BCUT2D eigenvalue weighted by atomic mass is 9.99. The maximum atomic E-state index is 11.5. The van der Waals surface area contributed by atoms with Crippen LogP contribution in [0.15, 0.2) is 46.9 Å². The molecule has 2 aromatic carbocycles. The van der Waals surface area contributed by atoms with Crippen molar-refractivity contribution in [1.29, 1.82) is 0 Å². The van der Waals surface area contributed by atoms with Crippen molar-refractivity contribution >= 4 is 21.9 Å². The van der Waals surface area contributed by atoms with Gasteiger partial charge in [-0.3, -0.25) is 0 Å². The van der Waals surface area contributed by atoms with Gasteiger partial charge in [0.1, 0.15) is 0 Å². The number of carbonyl (C=O) groups is 1. The molecule has 2 rings (SSSR count). The Morgan fingerprint density at radius 3 is 2.61 bits per heavy atom. The van der Waals surface area contributed by atoms with Crippen LogP contribution in [0.4, 0.5) is 0 Å². The highest BCUT2D eigenvalue weighted by Gasteiger charge is 2.09. The fourth-order valence-corrected chi connectivity index (χ4v) is 2.22. The minimum Gasteiger partial charge on any atom is -0.465 e. The quantitative estimate of drug-likeness (QED) is 0.777. The number of carbonyl (C=O) groups excluding carboxylic acids is 1. The summed E-state index contributed by atoms with van der Waals surface area (Å²) in [5.74, 6) is -0.315. The Balaban J connectivity index is 2.51. The van der Waals surface area contributed by atoms with E-state index in [0.717, 1.165) is 21.2 Å². The monoisotopic (exact) mass is 304 g/mol. The molecule has 92 valence electrons. The first-order chi connectivity index (χ1) is 8.63. The van der Waals surface area contributed by atoms with Crippen molar-refractivity contribution in [2.75, 3.05) is 7.11 Å². The summed E-state index contributed by atoms with van der Waals surface area (Å²) >= 11 is 3.51. The van der Waals surface area contributed by atoms with Crippen molar-refractivity contribution in [2.45, 2.75) is 6.92 Å². The van der Waals surface area contributed by atoms with Gasteiger partial charge in [-0.2, -0.15) is 0 Å². The summed E-state index contributed by atoms with van der Waals surface area (Å²) in [6.45, 7) is 2.05. The van der Waals surface area contributed by atoms with Crippen LogP contribution in [0.3, 0.4) is 0 Å². The molecule has 3 heteroatoms. The third kappa shape index (κ3) is 2.46. The summed E-state index contributed by atoms with van der Waals surface area (Å²) in [5, 5.41) is 0. The molecule has 0 aliphatic rings. The molecule has 0 heterocycles. The highest BCUT2D eigenvalue weighted by Crippen LogP contribution is 2.29. The van der Waals surface area contributed by atoms with E-state index in [1.165, 1.54) is 7.11 Å². The maximum absolute atomic E-state index is 11.5. The molecule has 0 spiro atoms. The van der Waals surface area contributed by atoms with Crippen LogP contribution in [0.25, 0.3) is 11.1 Å². The molecular weight excluding hydrogens is 292 g/mol. The molecule has 0 aromatic heterocycles. The van der Waals surface area contributed by atoms with Gasteiger partial charge in [0.05, 0.1) is 12.7 Å². The number of hydrogen-bond donors (Lipinski definition) is 0. The maximum Gasteiger partial charge on any atom is 0.337 e. The molecule has 0 aliphatic carbocycles. The van der Waals surface area contributed by atoms with Crippen LogP contribution in [0, 0.1) is 6.92 Å². The lowest BCUT2D eigenvalue weighted by Gasteiger charge is -2.09. The van der Waals surface area contributed by atoms with Gasteiger partial charge in [0.15, 0.2) is 0 Å². The third-order valence-electron chi connectivity index (χ3n) is 2.86. The van der Waals surface area contributed by atoms with E-state index in [0.29, 0.717) is 5.56 Å². The molecule has 0 aliphatic heterocycles. The van der Waals surface area contributed by atoms with E-state index in [1.807, 2.05) is 43.3 Å². The van der Waals surface area contributed by atoms with E-state index in [4.69, 9.17) is 4.74 Å². The largest absolute Gasteiger partial charge is 0.465 e. The molecule has 0 unspecified atom stereocenters. The number of hydrogen-bond acceptors (Lipinski definition) is 2. The zero-order valence-corrected chi connectivity index (χ0v) is 11.8. The Labute approximate surface area is 115 Å². The van der Waals surface area contributed by atoms with E-state index < -0.39 is 0 Å². The minimum atomic E-state index is -0.315. The van der Waals surface area contributed by atoms with Crippen LogP contribution < -0.4 is 0 Å². The summed E-state index contributed by atoms with van der Waals surface area (Å²) < 4.78 is 5.79. The first-order valence-electron chi connectivity index (χ1n) is 5.57. The molecule has 18 heavy (non-hydrogen) atoms. The number of ether oxygens (including phenoxy) is 1. The van der Waals surface area contributed by atoms with Gasteiger partial charge in [-0.1, -0.05) is 40.2 Å². The number of esters is 1. The van der Waals surface area contributed by atoms with Crippen LogP contribution in [0.1, 0.15) is 15.9 Å². The number of methoxy groups -OCH3 is 1. The fourth-order valence-electron chi connectivity index (χ4n) is 1.85. The standard InChI is InChI=1S/C15H13BrO2/c1-10-13(7-4-8-14(10)16)11-5-3-6-12(9-11)15(17)18-2/h3-9H,1-2H3. The minimum absolute atomic E-state index is 0.315. The highest BCUT2D eigenvalue weighted by molar-refractivity contribution is 9.10. The van der Waals surface area contributed by atoms with Crippen molar-refractivity contribution in [3.63, 3.8) is 0 Å². The molecule has 0 atom stereocenters. The van der Waals surface area contributed by atoms with E-state index in [2.05, 4.69) is 15.9 Å². The van der Waals surface area contributed by atoms with Gasteiger partial charge in [-0.25, -0.2) is 4.79 Å². The molecule has 0 N–H and O–H groups in total. The van der Waals surface area contributed by atoms with Crippen LogP contribution in [-0.4, -0.2) is 13.1 Å². The molecule has 0 saturated carbocycles. The Bertz CT molecular complexity index is 591. The average molecular weight is 305 g/mol. The molecule has 2 nitrogen and oxygen atoms in total. The Hall–Kier alpha value is -1.61. The predicted octanol–water partition coefficient (Wildman–Crippen LogP) is 4.21. The van der Waals surface area contributed by atoms with Crippen molar-refractivity contribution < 1.29 is 9.53 Å². The summed E-state index contributed by atoms with van der Waals surface area (Å²) in [4.78, 5) is 11.5. The molecule has 0 bridgehead atoms. The van der Waals surface area contributed by atoms with Crippen LogP contribution >= 0.6 is 15.9 Å². The SMILES string of the molecule is COC(=O)c1cccc(-c2cccc(Br)c2C)c1. The molecule has 0 fully saturated rings. The first kappa shape index (κ1) is 12.8. The van der Waals surface area contributed by atoms with Gasteiger partial charge in [0.25, 0.3) is 0 Å². The lowest BCUT2D eigenvalue weighted by Crippen LogP contribution is -2.00. The van der Waals surface area contributed by atoms with Crippen LogP contribution in [-0.2, 0) is 4.74 Å². The van der Waals surface area contributed by atoms with Gasteiger partial charge < -0.3 is 4.74 Å². The third-order valence-corrected chi connectivity index (χ3v) is 3.72. The van der Waals surface area contributed by atoms with E-state index in [9.17, 15) is 4.79 Å². The Morgan fingerprint density at radius 2 is 1.89 bits per heavy atom. The summed E-state index contributed by atoms with van der Waals surface area (Å²) in [5.41, 5.74) is 3.83. The van der Waals surface area contributed by atoms with Gasteiger partial charge in [-0.15, -0.1) is 0 Å². The zero-order chi connectivity index (χ0) is 13.1. The first-order valence-corrected chi connectivity index (χ1v) is 6.36. The van der Waals surface area contributed by atoms with Crippen molar-refractivity contribution in [1.82, 2.24) is 0 Å². The van der Waals surface area contributed by atoms with Gasteiger partial charge in [0, 0.05) is 4.47 Å². The zero-order valence-electron chi connectivity index (χ0n) is 10.2. The molecule has 2 aromatic rings.